The number of carboxylic acids is 1. The van der Waals surface area contributed by atoms with Crippen molar-refractivity contribution in [2.75, 3.05) is 0 Å². The first-order chi connectivity index (χ1) is 6.50. The van der Waals surface area contributed by atoms with Gasteiger partial charge in [0.05, 0.1) is 0 Å². The van der Waals surface area contributed by atoms with Gasteiger partial charge in [-0.25, -0.2) is 9.78 Å². The maximum atomic E-state index is 10.3. The third-order valence-electron chi connectivity index (χ3n) is 1.85. The minimum absolute atomic E-state index is 0.325. The third kappa shape index (κ3) is 2.57. The summed E-state index contributed by atoms with van der Waals surface area (Å²) in [5.41, 5.74) is 2.46. The van der Waals surface area contributed by atoms with Gasteiger partial charge in [0.25, 0.3) is 0 Å². The number of halogens is 1. The van der Waals surface area contributed by atoms with Gasteiger partial charge in [-0.1, -0.05) is 11.6 Å². The van der Waals surface area contributed by atoms with Crippen LogP contribution in [0.2, 0.25) is 5.15 Å². The molecular formula is C10H10ClNO2. The zero-order valence-electron chi connectivity index (χ0n) is 7.91. The smallest absolute Gasteiger partial charge is 0.328 e. The van der Waals surface area contributed by atoms with E-state index in [-0.39, 0.29) is 0 Å². The van der Waals surface area contributed by atoms with Gasteiger partial charge in [-0.15, -0.1) is 0 Å². The van der Waals surface area contributed by atoms with Gasteiger partial charge in [-0.3, -0.25) is 0 Å². The van der Waals surface area contributed by atoms with Crippen molar-refractivity contribution in [3.05, 3.63) is 34.1 Å². The standard InChI is InChI=1S/C10H10ClNO2/c1-6-5-8(3-4-9(13)14)10(11)12-7(6)2/h3-5H,1-2H3,(H,13,14). The Morgan fingerprint density at radius 3 is 2.79 bits per heavy atom. The highest BCUT2D eigenvalue weighted by Gasteiger charge is 2.02. The van der Waals surface area contributed by atoms with Gasteiger partial charge in [0.2, 0.25) is 0 Å². The maximum absolute atomic E-state index is 10.3. The average molecular weight is 212 g/mol. The minimum atomic E-state index is -1.00. The SMILES string of the molecule is Cc1cc(C=CC(=O)O)c(Cl)nc1C. The molecule has 0 atom stereocenters. The molecule has 1 aromatic rings. The van der Waals surface area contributed by atoms with Crippen molar-refractivity contribution in [3.63, 3.8) is 0 Å². The van der Waals surface area contributed by atoms with Gasteiger partial charge < -0.3 is 5.11 Å². The second-order valence-corrected chi connectivity index (χ2v) is 3.30. The largest absolute Gasteiger partial charge is 0.478 e. The monoisotopic (exact) mass is 211 g/mol. The lowest BCUT2D eigenvalue weighted by atomic mass is 10.1. The molecule has 0 saturated carbocycles. The van der Waals surface area contributed by atoms with Gasteiger partial charge in [-0.2, -0.15) is 0 Å². The predicted octanol–water partition coefficient (Wildman–Crippen LogP) is 2.45. The Hall–Kier alpha value is -1.35. The van der Waals surface area contributed by atoms with E-state index >= 15 is 0 Å². The molecule has 0 saturated heterocycles. The van der Waals surface area contributed by atoms with Crippen LogP contribution in [0.15, 0.2) is 12.1 Å². The van der Waals surface area contributed by atoms with Crippen LogP contribution in [0.3, 0.4) is 0 Å². The van der Waals surface area contributed by atoms with Crippen molar-refractivity contribution in [1.29, 1.82) is 0 Å². The van der Waals surface area contributed by atoms with Crippen LogP contribution in [0.4, 0.5) is 0 Å². The molecule has 0 radical (unpaired) electrons. The zero-order chi connectivity index (χ0) is 10.7. The summed E-state index contributed by atoms with van der Waals surface area (Å²) in [5, 5.41) is 8.76. The van der Waals surface area contributed by atoms with Crippen LogP contribution in [-0.2, 0) is 4.79 Å². The van der Waals surface area contributed by atoms with E-state index in [0.29, 0.717) is 10.7 Å². The van der Waals surface area contributed by atoms with Crippen LogP contribution in [0.5, 0.6) is 0 Å². The first-order valence-electron chi connectivity index (χ1n) is 4.05. The number of carboxylic acid groups (broad SMARTS) is 1. The third-order valence-corrected chi connectivity index (χ3v) is 2.15. The summed E-state index contributed by atoms with van der Waals surface area (Å²) in [4.78, 5) is 14.4. The minimum Gasteiger partial charge on any atom is -0.478 e. The molecule has 0 aromatic carbocycles. The second-order valence-electron chi connectivity index (χ2n) is 2.94. The van der Waals surface area contributed by atoms with Crippen LogP contribution < -0.4 is 0 Å². The molecule has 1 N–H and O–H groups in total. The van der Waals surface area contributed by atoms with E-state index in [1.54, 1.807) is 0 Å². The molecule has 0 fully saturated rings. The number of pyridine rings is 1. The van der Waals surface area contributed by atoms with E-state index in [9.17, 15) is 4.79 Å². The van der Waals surface area contributed by atoms with Gasteiger partial charge in [0.1, 0.15) is 5.15 Å². The van der Waals surface area contributed by atoms with Crippen LogP contribution >= 0.6 is 11.6 Å². The molecule has 1 heterocycles. The maximum Gasteiger partial charge on any atom is 0.328 e. The molecule has 0 aliphatic carbocycles. The van der Waals surface area contributed by atoms with E-state index in [1.165, 1.54) is 6.08 Å². The summed E-state index contributed by atoms with van der Waals surface area (Å²) < 4.78 is 0. The van der Waals surface area contributed by atoms with E-state index in [2.05, 4.69) is 4.98 Å². The number of hydrogen-bond acceptors (Lipinski definition) is 2. The number of nitrogens with zero attached hydrogens (tertiary/aromatic N) is 1. The number of carbonyl (C=O) groups is 1. The normalized spacial score (nSPS) is 10.8. The highest BCUT2D eigenvalue weighted by atomic mass is 35.5. The molecule has 74 valence electrons. The van der Waals surface area contributed by atoms with E-state index in [1.807, 2.05) is 19.9 Å². The molecule has 0 unspecified atom stereocenters. The van der Waals surface area contributed by atoms with E-state index < -0.39 is 5.97 Å². The Kier molecular flexibility index (Phi) is 3.25. The molecule has 1 rings (SSSR count). The summed E-state index contributed by atoms with van der Waals surface area (Å²) in [5.74, 6) is -1.00. The topological polar surface area (TPSA) is 50.2 Å². The van der Waals surface area contributed by atoms with Crippen molar-refractivity contribution in [2.24, 2.45) is 0 Å². The fraction of sp³-hybridized carbons (Fsp3) is 0.200. The first kappa shape index (κ1) is 10.7. The predicted molar refractivity (Wildman–Crippen MR) is 55.4 cm³/mol. The molecule has 4 heteroatoms. The molecule has 14 heavy (non-hydrogen) atoms. The summed E-state index contributed by atoms with van der Waals surface area (Å²) in [6.45, 7) is 3.75. The van der Waals surface area contributed by atoms with Gasteiger partial charge in [-0.05, 0) is 31.6 Å². The Morgan fingerprint density at radius 1 is 1.57 bits per heavy atom. The summed E-state index contributed by atoms with van der Waals surface area (Å²) in [6.07, 6.45) is 2.47. The van der Waals surface area contributed by atoms with Crippen LogP contribution in [0.25, 0.3) is 6.08 Å². The molecular weight excluding hydrogens is 202 g/mol. The average Bonchev–Trinajstić information content (AvgIpc) is 2.09. The highest BCUT2D eigenvalue weighted by molar-refractivity contribution is 6.31. The van der Waals surface area contributed by atoms with Crippen LogP contribution in [0, 0.1) is 13.8 Å². The van der Waals surface area contributed by atoms with Crippen LogP contribution in [0.1, 0.15) is 16.8 Å². The number of aromatic nitrogens is 1. The van der Waals surface area contributed by atoms with Crippen molar-refractivity contribution >= 4 is 23.6 Å². The Labute approximate surface area is 87.0 Å². The number of aryl methyl sites for hydroxylation is 2. The second kappa shape index (κ2) is 4.24. The lowest BCUT2D eigenvalue weighted by molar-refractivity contribution is -0.131. The highest BCUT2D eigenvalue weighted by Crippen LogP contribution is 2.18. The molecule has 3 nitrogen and oxygen atoms in total. The number of hydrogen-bond donors (Lipinski definition) is 1. The molecule has 0 aliphatic heterocycles. The molecule has 0 amide bonds. The van der Waals surface area contributed by atoms with Crippen molar-refractivity contribution in [3.8, 4) is 0 Å². The summed E-state index contributed by atoms with van der Waals surface area (Å²) in [7, 11) is 0. The Balaban J connectivity index is 3.10. The Bertz CT molecular complexity index is 399. The van der Waals surface area contributed by atoms with E-state index in [4.69, 9.17) is 16.7 Å². The summed E-state index contributed by atoms with van der Waals surface area (Å²) in [6, 6.07) is 1.81. The number of aliphatic carboxylic acids is 1. The van der Waals surface area contributed by atoms with Crippen LogP contribution in [-0.4, -0.2) is 16.1 Å². The molecule has 0 spiro atoms. The fourth-order valence-corrected chi connectivity index (χ4v) is 1.22. The molecule has 1 aromatic heterocycles. The van der Waals surface area contributed by atoms with Gasteiger partial charge >= 0.3 is 5.97 Å². The number of rotatable bonds is 2. The Morgan fingerprint density at radius 2 is 2.21 bits per heavy atom. The lowest BCUT2D eigenvalue weighted by Gasteiger charge is -2.02. The van der Waals surface area contributed by atoms with Gasteiger partial charge in [0.15, 0.2) is 0 Å². The van der Waals surface area contributed by atoms with Crippen molar-refractivity contribution in [1.82, 2.24) is 4.98 Å². The first-order valence-corrected chi connectivity index (χ1v) is 4.43. The quantitative estimate of drug-likeness (QED) is 0.604. The fourth-order valence-electron chi connectivity index (χ4n) is 0.975. The zero-order valence-corrected chi connectivity index (χ0v) is 8.67. The van der Waals surface area contributed by atoms with Gasteiger partial charge in [0, 0.05) is 17.3 Å². The molecule has 0 bridgehead atoms. The summed E-state index contributed by atoms with van der Waals surface area (Å²) >= 11 is 5.83. The van der Waals surface area contributed by atoms with E-state index in [0.717, 1.165) is 17.3 Å². The lowest BCUT2D eigenvalue weighted by Crippen LogP contribution is -1.91. The van der Waals surface area contributed by atoms with Crippen molar-refractivity contribution < 1.29 is 9.90 Å². The van der Waals surface area contributed by atoms with Crippen molar-refractivity contribution in [2.45, 2.75) is 13.8 Å². The molecule has 0 aliphatic rings.